The average Bonchev–Trinajstić information content (AvgIpc) is 3.23. The third kappa shape index (κ3) is 5.18. The highest BCUT2D eigenvalue weighted by Crippen LogP contribution is 2.46. The van der Waals surface area contributed by atoms with E-state index in [1.165, 1.54) is 0 Å². The number of allylic oxidation sites excluding steroid dienone is 1. The second-order valence-electron chi connectivity index (χ2n) is 11.1. The highest BCUT2D eigenvalue weighted by molar-refractivity contribution is 5.95. The molecular formula is C30H39N3O5. The molecule has 2 amide bonds. The molecule has 0 spiro atoms. The Morgan fingerprint density at radius 1 is 1.18 bits per heavy atom. The van der Waals surface area contributed by atoms with E-state index in [0.29, 0.717) is 25.1 Å². The molecule has 2 aromatic rings. The van der Waals surface area contributed by atoms with E-state index in [2.05, 4.69) is 16.0 Å². The number of amides is 2. The summed E-state index contributed by atoms with van der Waals surface area (Å²) < 4.78 is 13.7. The summed E-state index contributed by atoms with van der Waals surface area (Å²) in [6.45, 7) is 4.30. The zero-order valence-corrected chi connectivity index (χ0v) is 22.7. The molecule has 1 N–H and O–H groups in total. The summed E-state index contributed by atoms with van der Waals surface area (Å²) in [4.78, 5) is 41.9. The van der Waals surface area contributed by atoms with E-state index in [4.69, 9.17) is 9.47 Å². The number of ether oxygens (including phenoxy) is 2. The molecule has 2 fully saturated rings. The Morgan fingerprint density at radius 3 is 2.84 bits per heavy atom. The number of nitrogens with zero attached hydrogens (tertiary/aromatic N) is 2. The number of aryl methyl sites for hydroxylation is 1. The van der Waals surface area contributed by atoms with E-state index >= 15 is 0 Å². The summed E-state index contributed by atoms with van der Waals surface area (Å²) in [6, 6.07) is 7.28. The third-order valence-corrected chi connectivity index (χ3v) is 8.31. The van der Waals surface area contributed by atoms with Crippen LogP contribution in [0.3, 0.4) is 0 Å². The first-order valence-corrected chi connectivity index (χ1v) is 14.0. The summed E-state index contributed by atoms with van der Waals surface area (Å²) in [7, 11) is 2.00. The zero-order valence-electron chi connectivity index (χ0n) is 22.7. The fraction of sp³-hybridized carbons (Fsp3) is 0.567. The Hall–Kier alpha value is -3.29. The maximum absolute atomic E-state index is 13.7. The summed E-state index contributed by atoms with van der Waals surface area (Å²) in [5.41, 5.74) is 0.0543. The van der Waals surface area contributed by atoms with Crippen molar-refractivity contribution in [3.63, 3.8) is 0 Å². The molecule has 204 valence electrons. The smallest absolute Gasteiger partial charge is 0.332 e. The number of hydrogen-bond acceptors (Lipinski definition) is 5. The first kappa shape index (κ1) is 26.3. The number of benzene rings is 1. The SMILES string of the molecule is CCOC(=O)[C@@]12C[C@@H]1/C=C\CCCCC[C@H](C)C(=O)N1C[C@H](Oc3ccc4c(ccn4C)c3)C[C@H]1C(=O)N2. The van der Waals surface area contributed by atoms with Gasteiger partial charge in [-0.3, -0.25) is 9.59 Å². The average molecular weight is 522 g/mol. The van der Waals surface area contributed by atoms with Gasteiger partial charge in [0.2, 0.25) is 11.8 Å². The van der Waals surface area contributed by atoms with Gasteiger partial charge >= 0.3 is 5.97 Å². The van der Waals surface area contributed by atoms with Gasteiger partial charge in [0.15, 0.2) is 0 Å². The fourth-order valence-corrected chi connectivity index (χ4v) is 5.97. The van der Waals surface area contributed by atoms with Crippen molar-refractivity contribution in [2.24, 2.45) is 18.9 Å². The molecule has 0 radical (unpaired) electrons. The second-order valence-corrected chi connectivity index (χ2v) is 11.1. The predicted octanol–water partition coefficient (Wildman–Crippen LogP) is 4.12. The molecule has 5 atom stereocenters. The fourth-order valence-electron chi connectivity index (χ4n) is 5.97. The maximum Gasteiger partial charge on any atom is 0.332 e. The van der Waals surface area contributed by atoms with Crippen LogP contribution in [-0.4, -0.2) is 58.1 Å². The van der Waals surface area contributed by atoms with Crippen molar-refractivity contribution in [2.75, 3.05) is 13.2 Å². The summed E-state index contributed by atoms with van der Waals surface area (Å²) in [5.74, 6) is -0.301. The molecule has 1 aromatic heterocycles. The molecule has 3 aliphatic rings. The minimum atomic E-state index is -1.05. The summed E-state index contributed by atoms with van der Waals surface area (Å²) in [5, 5.41) is 4.10. The standard InChI is InChI=1S/C30H39N3O5/c1-4-37-29(36)30-18-22(30)11-9-7-5-6-8-10-20(2)28(35)33-19-24(17-26(33)27(34)31-30)38-23-12-13-25-21(16-23)14-15-32(25)3/h9,11-16,20,22,24,26H,4-8,10,17-19H2,1-3H3,(H,31,34)/b11-9-/t20-,22-,24+,26-,30+/m0/s1. The van der Waals surface area contributed by atoms with Crippen LogP contribution in [0.1, 0.15) is 58.8 Å². The van der Waals surface area contributed by atoms with E-state index in [1.54, 1.807) is 11.8 Å². The monoisotopic (exact) mass is 521 g/mol. The van der Waals surface area contributed by atoms with Crippen LogP contribution in [-0.2, 0) is 26.2 Å². The lowest BCUT2D eigenvalue weighted by Crippen LogP contribution is -2.54. The second kappa shape index (κ2) is 10.8. The van der Waals surface area contributed by atoms with Crippen molar-refractivity contribution in [3.8, 4) is 5.75 Å². The summed E-state index contributed by atoms with van der Waals surface area (Å²) in [6.07, 6.45) is 11.5. The first-order valence-electron chi connectivity index (χ1n) is 14.0. The number of hydrogen-bond donors (Lipinski definition) is 1. The molecule has 8 heteroatoms. The van der Waals surface area contributed by atoms with Gasteiger partial charge in [-0.25, -0.2) is 4.79 Å². The number of fused-ring (bicyclic) bond motifs is 3. The number of carbonyl (C=O) groups excluding carboxylic acids is 3. The molecule has 1 aromatic carbocycles. The normalized spacial score (nSPS) is 31.0. The van der Waals surface area contributed by atoms with Crippen molar-refractivity contribution in [2.45, 2.75) is 76.5 Å². The highest BCUT2D eigenvalue weighted by Gasteiger charge is 2.62. The van der Waals surface area contributed by atoms with E-state index in [0.717, 1.165) is 43.0 Å². The van der Waals surface area contributed by atoms with E-state index in [9.17, 15) is 14.4 Å². The molecule has 3 heterocycles. The van der Waals surface area contributed by atoms with Crippen LogP contribution in [0.4, 0.5) is 0 Å². The van der Waals surface area contributed by atoms with Crippen molar-refractivity contribution in [1.82, 2.24) is 14.8 Å². The Balaban J connectivity index is 1.39. The summed E-state index contributed by atoms with van der Waals surface area (Å²) >= 11 is 0. The topological polar surface area (TPSA) is 89.9 Å². The number of nitrogens with one attached hydrogen (secondary N) is 1. The van der Waals surface area contributed by atoms with Crippen molar-refractivity contribution in [1.29, 1.82) is 0 Å². The Labute approximate surface area is 224 Å². The van der Waals surface area contributed by atoms with Crippen LogP contribution < -0.4 is 10.1 Å². The molecule has 0 bridgehead atoms. The lowest BCUT2D eigenvalue weighted by Gasteiger charge is -2.28. The maximum atomic E-state index is 13.7. The van der Waals surface area contributed by atoms with Gasteiger partial charge in [-0.1, -0.05) is 31.9 Å². The molecular weight excluding hydrogens is 482 g/mol. The lowest BCUT2D eigenvalue weighted by atomic mass is 10.0. The van der Waals surface area contributed by atoms with Gasteiger partial charge in [0.25, 0.3) is 0 Å². The molecule has 0 unspecified atom stereocenters. The molecule has 5 rings (SSSR count). The Bertz CT molecular complexity index is 1240. The minimum absolute atomic E-state index is 0.0275. The number of aromatic nitrogens is 1. The zero-order chi connectivity index (χ0) is 26.9. The predicted molar refractivity (Wildman–Crippen MR) is 144 cm³/mol. The van der Waals surface area contributed by atoms with Gasteiger partial charge in [0, 0.05) is 42.4 Å². The highest BCUT2D eigenvalue weighted by atomic mass is 16.5. The van der Waals surface area contributed by atoms with Crippen LogP contribution in [0.2, 0.25) is 0 Å². The lowest BCUT2D eigenvalue weighted by molar-refractivity contribution is -0.150. The van der Waals surface area contributed by atoms with Crippen LogP contribution in [0.5, 0.6) is 5.75 Å². The molecule has 2 aliphatic heterocycles. The molecule has 8 nitrogen and oxygen atoms in total. The first-order chi connectivity index (χ1) is 18.3. The van der Waals surface area contributed by atoms with E-state index in [1.807, 2.05) is 50.5 Å². The Morgan fingerprint density at radius 2 is 2.03 bits per heavy atom. The van der Waals surface area contributed by atoms with E-state index < -0.39 is 17.6 Å². The van der Waals surface area contributed by atoms with Gasteiger partial charge in [-0.15, -0.1) is 0 Å². The van der Waals surface area contributed by atoms with Crippen LogP contribution in [0, 0.1) is 11.8 Å². The quantitative estimate of drug-likeness (QED) is 0.483. The van der Waals surface area contributed by atoms with Crippen LogP contribution >= 0.6 is 0 Å². The van der Waals surface area contributed by atoms with Gasteiger partial charge in [-0.05, 0) is 56.9 Å². The van der Waals surface area contributed by atoms with Crippen LogP contribution in [0.15, 0.2) is 42.6 Å². The van der Waals surface area contributed by atoms with Crippen LogP contribution in [0.25, 0.3) is 10.9 Å². The van der Waals surface area contributed by atoms with Gasteiger partial charge in [-0.2, -0.15) is 0 Å². The van der Waals surface area contributed by atoms with Crippen molar-refractivity contribution < 1.29 is 23.9 Å². The Kier molecular flexibility index (Phi) is 7.50. The number of esters is 1. The van der Waals surface area contributed by atoms with Crippen molar-refractivity contribution in [3.05, 3.63) is 42.6 Å². The molecule has 38 heavy (non-hydrogen) atoms. The van der Waals surface area contributed by atoms with Gasteiger partial charge < -0.3 is 24.3 Å². The number of rotatable bonds is 4. The van der Waals surface area contributed by atoms with Crippen molar-refractivity contribution >= 4 is 28.7 Å². The largest absolute Gasteiger partial charge is 0.488 e. The molecule has 1 saturated heterocycles. The molecule has 1 aliphatic carbocycles. The molecule has 1 saturated carbocycles. The third-order valence-electron chi connectivity index (χ3n) is 8.31. The van der Waals surface area contributed by atoms with Gasteiger partial charge in [0.1, 0.15) is 23.4 Å². The number of carbonyl (C=O) groups is 3. The van der Waals surface area contributed by atoms with Gasteiger partial charge in [0.05, 0.1) is 13.2 Å². The van der Waals surface area contributed by atoms with E-state index in [-0.39, 0.29) is 36.4 Å². The minimum Gasteiger partial charge on any atom is -0.488 e.